The van der Waals surface area contributed by atoms with Crippen molar-refractivity contribution in [2.45, 2.75) is 24.9 Å². The number of ether oxygens (including phenoxy) is 1. The molecule has 2 rings (SSSR count). The summed E-state index contributed by atoms with van der Waals surface area (Å²) in [5.74, 6) is 2.57. The maximum Gasteiger partial charge on any atom is 0.0646 e. The highest BCUT2D eigenvalue weighted by atomic mass is 32.2. The van der Waals surface area contributed by atoms with E-state index in [1.807, 2.05) is 11.8 Å². The Balaban J connectivity index is 1.82. The van der Waals surface area contributed by atoms with Crippen molar-refractivity contribution in [3.63, 3.8) is 0 Å². The lowest BCUT2D eigenvalue weighted by Gasteiger charge is -2.34. The van der Waals surface area contributed by atoms with Crippen LogP contribution in [0.2, 0.25) is 0 Å². The number of rotatable bonds is 2. The minimum Gasteiger partial charge on any atom is -0.379 e. The molecule has 1 atom stereocenters. The summed E-state index contributed by atoms with van der Waals surface area (Å²) >= 11 is 2.02. The molecule has 2 saturated heterocycles. The van der Waals surface area contributed by atoms with E-state index < -0.39 is 0 Å². The largest absolute Gasteiger partial charge is 0.379 e. The lowest BCUT2D eigenvalue weighted by molar-refractivity contribution is 0.168. The van der Waals surface area contributed by atoms with Crippen molar-refractivity contribution in [3.8, 4) is 0 Å². The molecule has 0 saturated carbocycles. The van der Waals surface area contributed by atoms with Gasteiger partial charge in [-0.2, -0.15) is 11.8 Å². The highest BCUT2D eigenvalue weighted by molar-refractivity contribution is 8.00. The van der Waals surface area contributed by atoms with E-state index >= 15 is 0 Å². The highest BCUT2D eigenvalue weighted by Crippen LogP contribution is 2.24. The van der Waals surface area contributed by atoms with Crippen LogP contribution in [0.1, 0.15) is 13.3 Å². The minimum atomic E-state index is 0.283. The summed E-state index contributed by atoms with van der Waals surface area (Å²) in [4.78, 5) is 0. The topological polar surface area (TPSA) is 21.3 Å². The van der Waals surface area contributed by atoms with Crippen LogP contribution in [0.15, 0.2) is 0 Å². The van der Waals surface area contributed by atoms with Crippen LogP contribution < -0.4 is 5.32 Å². The number of nitrogens with one attached hydrogen (secondary N) is 1. The molecule has 2 nitrogen and oxygen atoms in total. The molecule has 0 radical (unpaired) electrons. The Bertz CT molecular complexity index is 141. The maximum atomic E-state index is 5.36. The van der Waals surface area contributed by atoms with Crippen molar-refractivity contribution in [1.29, 1.82) is 0 Å². The van der Waals surface area contributed by atoms with Crippen LogP contribution in [0.3, 0.4) is 0 Å². The smallest absolute Gasteiger partial charge is 0.0646 e. The van der Waals surface area contributed by atoms with E-state index in [1.54, 1.807) is 0 Å². The molecule has 11 heavy (non-hydrogen) atoms. The molecule has 1 unspecified atom stereocenters. The first-order chi connectivity index (χ1) is 5.29. The summed E-state index contributed by atoms with van der Waals surface area (Å²) in [5, 5.41) is 3.65. The third kappa shape index (κ3) is 1.71. The van der Waals surface area contributed by atoms with Crippen molar-refractivity contribution >= 4 is 11.8 Å². The average Bonchev–Trinajstić information content (AvgIpc) is 2.29. The quantitative estimate of drug-likeness (QED) is 0.669. The van der Waals surface area contributed by atoms with Crippen LogP contribution >= 0.6 is 11.8 Å². The number of thioether (sulfide) groups is 1. The number of hydrogen-bond donors (Lipinski definition) is 1. The van der Waals surface area contributed by atoms with Gasteiger partial charge in [0.25, 0.3) is 0 Å². The molecule has 0 aromatic rings. The van der Waals surface area contributed by atoms with Gasteiger partial charge in [-0.3, -0.25) is 0 Å². The van der Waals surface area contributed by atoms with Crippen LogP contribution in [0.25, 0.3) is 0 Å². The predicted molar refractivity (Wildman–Crippen MR) is 48.1 cm³/mol. The van der Waals surface area contributed by atoms with Crippen molar-refractivity contribution in [2.75, 3.05) is 24.7 Å². The molecule has 0 aromatic heterocycles. The number of hydrogen-bond acceptors (Lipinski definition) is 3. The van der Waals surface area contributed by atoms with Gasteiger partial charge in [-0.05, 0) is 13.3 Å². The molecular formula is C8H15NOS. The molecule has 0 aromatic carbocycles. The van der Waals surface area contributed by atoms with E-state index in [0.717, 1.165) is 19.3 Å². The second-order valence-corrected chi connectivity index (χ2v) is 4.82. The average molecular weight is 173 g/mol. The Morgan fingerprint density at radius 2 is 2.36 bits per heavy atom. The van der Waals surface area contributed by atoms with E-state index in [2.05, 4.69) is 12.2 Å². The molecule has 3 heteroatoms. The van der Waals surface area contributed by atoms with Gasteiger partial charge in [-0.1, -0.05) is 0 Å². The van der Waals surface area contributed by atoms with Crippen LogP contribution in [0.5, 0.6) is 0 Å². The third-order valence-corrected chi connectivity index (χ3v) is 3.69. The van der Waals surface area contributed by atoms with Gasteiger partial charge in [0.2, 0.25) is 0 Å². The van der Waals surface area contributed by atoms with Crippen molar-refractivity contribution in [3.05, 3.63) is 0 Å². The zero-order valence-corrected chi connectivity index (χ0v) is 7.75. The summed E-state index contributed by atoms with van der Waals surface area (Å²) in [7, 11) is 0. The zero-order chi connectivity index (χ0) is 7.73. The Morgan fingerprint density at radius 1 is 1.55 bits per heavy atom. The van der Waals surface area contributed by atoms with Crippen LogP contribution in [0.4, 0.5) is 0 Å². The molecule has 0 spiro atoms. The normalized spacial score (nSPS) is 39.0. The van der Waals surface area contributed by atoms with Crippen LogP contribution in [-0.2, 0) is 4.74 Å². The van der Waals surface area contributed by atoms with E-state index in [1.165, 1.54) is 17.9 Å². The van der Waals surface area contributed by atoms with Gasteiger partial charge in [-0.15, -0.1) is 0 Å². The highest BCUT2D eigenvalue weighted by Gasteiger charge is 2.33. The monoisotopic (exact) mass is 173 g/mol. The molecule has 2 heterocycles. The zero-order valence-electron chi connectivity index (χ0n) is 6.93. The van der Waals surface area contributed by atoms with Crippen LogP contribution in [-0.4, -0.2) is 36.3 Å². The third-order valence-electron chi connectivity index (χ3n) is 2.41. The molecule has 2 fully saturated rings. The summed E-state index contributed by atoms with van der Waals surface area (Å²) < 4.78 is 5.36. The summed E-state index contributed by atoms with van der Waals surface area (Å²) in [6, 6.07) is 0.756. The lowest BCUT2D eigenvalue weighted by Crippen LogP contribution is -2.53. The molecular weight excluding hydrogens is 158 g/mol. The SMILES string of the molecule is CC1(NC2CSC2)CCOC1. The van der Waals surface area contributed by atoms with Gasteiger partial charge in [0.15, 0.2) is 0 Å². The Kier molecular flexibility index (Phi) is 2.12. The molecule has 2 aliphatic heterocycles. The fourth-order valence-electron chi connectivity index (χ4n) is 1.59. The standard InChI is InChI=1S/C8H15NOS/c1-8(2-3-10-6-8)9-7-4-11-5-7/h7,9H,2-6H2,1H3. The van der Waals surface area contributed by atoms with Gasteiger partial charge in [0, 0.05) is 29.7 Å². The van der Waals surface area contributed by atoms with Gasteiger partial charge in [-0.25, -0.2) is 0 Å². The summed E-state index contributed by atoms with van der Waals surface area (Å²) in [6.45, 7) is 4.10. The fraction of sp³-hybridized carbons (Fsp3) is 1.00. The van der Waals surface area contributed by atoms with Gasteiger partial charge in [0.1, 0.15) is 0 Å². The first-order valence-electron chi connectivity index (χ1n) is 4.22. The molecule has 2 aliphatic rings. The van der Waals surface area contributed by atoms with Crippen molar-refractivity contribution in [1.82, 2.24) is 5.32 Å². The Hall–Kier alpha value is 0.270. The van der Waals surface area contributed by atoms with Gasteiger partial charge >= 0.3 is 0 Å². The molecule has 0 bridgehead atoms. The summed E-state index contributed by atoms with van der Waals surface area (Å²) in [5.41, 5.74) is 0.283. The Labute approximate surface area is 72.1 Å². The second kappa shape index (κ2) is 2.96. The fourth-order valence-corrected chi connectivity index (χ4v) is 2.23. The maximum absolute atomic E-state index is 5.36. The first-order valence-corrected chi connectivity index (χ1v) is 5.37. The van der Waals surface area contributed by atoms with Crippen molar-refractivity contribution in [2.24, 2.45) is 0 Å². The van der Waals surface area contributed by atoms with Crippen molar-refractivity contribution < 1.29 is 4.74 Å². The van der Waals surface area contributed by atoms with E-state index in [9.17, 15) is 0 Å². The second-order valence-electron chi connectivity index (χ2n) is 3.74. The molecule has 0 aliphatic carbocycles. The van der Waals surface area contributed by atoms with E-state index in [-0.39, 0.29) is 5.54 Å². The summed E-state index contributed by atoms with van der Waals surface area (Å²) in [6.07, 6.45) is 1.17. The van der Waals surface area contributed by atoms with E-state index in [0.29, 0.717) is 0 Å². The van der Waals surface area contributed by atoms with E-state index in [4.69, 9.17) is 4.74 Å². The van der Waals surface area contributed by atoms with Gasteiger partial charge < -0.3 is 10.1 Å². The minimum absolute atomic E-state index is 0.283. The predicted octanol–water partition coefficient (Wildman–Crippen LogP) is 0.870. The first kappa shape index (κ1) is 7.90. The lowest BCUT2D eigenvalue weighted by atomic mass is 10.0. The molecule has 0 amide bonds. The Morgan fingerprint density at radius 3 is 2.82 bits per heavy atom. The molecule has 64 valence electrons. The van der Waals surface area contributed by atoms with Crippen LogP contribution in [0, 0.1) is 0 Å². The van der Waals surface area contributed by atoms with Gasteiger partial charge in [0.05, 0.1) is 6.61 Å². The molecule has 1 N–H and O–H groups in total.